The zero-order valence-corrected chi connectivity index (χ0v) is 15.6. The summed E-state index contributed by atoms with van der Waals surface area (Å²) in [5, 5.41) is 9.76. The summed E-state index contributed by atoms with van der Waals surface area (Å²) in [5.41, 5.74) is -0.277. The van der Waals surface area contributed by atoms with Crippen molar-refractivity contribution in [3.05, 3.63) is 35.4 Å². The highest BCUT2D eigenvalue weighted by Gasteiger charge is 2.35. The van der Waals surface area contributed by atoms with Crippen LogP contribution in [0.5, 0.6) is 0 Å². The third kappa shape index (κ3) is 5.35. The van der Waals surface area contributed by atoms with E-state index in [1.807, 2.05) is 0 Å². The number of ether oxygens (including phenoxy) is 1. The molecule has 1 N–H and O–H groups in total. The van der Waals surface area contributed by atoms with E-state index in [1.165, 1.54) is 12.1 Å². The summed E-state index contributed by atoms with van der Waals surface area (Å²) in [6.07, 6.45) is 0.747. The van der Waals surface area contributed by atoms with Gasteiger partial charge in [-0.2, -0.15) is 13.2 Å². The fraction of sp³-hybridized carbons (Fsp3) is 0.684. The van der Waals surface area contributed by atoms with Gasteiger partial charge in [-0.1, -0.05) is 31.0 Å². The fourth-order valence-corrected chi connectivity index (χ4v) is 4.09. The number of β-amino-alcohol motifs (C(OH)–C–C–N with tert-alkyl or cyclic N) is 1. The third-order valence-electron chi connectivity index (χ3n) is 5.36. The number of hydrogen-bond donors (Lipinski definition) is 1. The van der Waals surface area contributed by atoms with E-state index >= 15 is 0 Å². The first-order valence-electron chi connectivity index (χ1n) is 9.14. The first-order valence-corrected chi connectivity index (χ1v) is 9.14. The number of halogens is 4. The lowest BCUT2D eigenvalue weighted by Crippen LogP contribution is -2.46. The summed E-state index contributed by atoms with van der Waals surface area (Å²) in [4.78, 5) is 2.29. The van der Waals surface area contributed by atoms with Crippen LogP contribution in [0.15, 0.2) is 24.3 Å². The van der Waals surface area contributed by atoms with Crippen molar-refractivity contribution in [2.75, 3.05) is 19.7 Å². The van der Waals surface area contributed by atoms with E-state index in [0.29, 0.717) is 18.7 Å². The fourth-order valence-electron chi connectivity index (χ4n) is 4.09. The average Bonchev–Trinajstić information content (AvgIpc) is 3.01. The summed E-state index contributed by atoms with van der Waals surface area (Å²) < 4.78 is 45.2. The van der Waals surface area contributed by atoms with Gasteiger partial charge in [0.2, 0.25) is 0 Å². The molecular formula is C19H27ClF3NO2. The van der Waals surface area contributed by atoms with Crippen molar-refractivity contribution in [3.8, 4) is 0 Å². The second-order valence-electron chi connectivity index (χ2n) is 7.10. The van der Waals surface area contributed by atoms with Crippen molar-refractivity contribution < 1.29 is 23.0 Å². The number of benzene rings is 1. The molecule has 148 valence electrons. The molecule has 2 aliphatic rings. The second-order valence-corrected chi connectivity index (χ2v) is 7.10. The Balaban J connectivity index is 0.00000243. The van der Waals surface area contributed by atoms with E-state index < -0.39 is 11.7 Å². The van der Waals surface area contributed by atoms with Gasteiger partial charge in [0, 0.05) is 19.1 Å². The van der Waals surface area contributed by atoms with Crippen LogP contribution in [0.2, 0.25) is 0 Å². The molecule has 0 amide bonds. The van der Waals surface area contributed by atoms with Crippen molar-refractivity contribution in [3.63, 3.8) is 0 Å². The molecule has 1 aliphatic heterocycles. The topological polar surface area (TPSA) is 32.7 Å². The predicted molar refractivity (Wildman–Crippen MR) is 96.6 cm³/mol. The molecule has 0 bridgehead atoms. The van der Waals surface area contributed by atoms with Gasteiger partial charge in [0.1, 0.15) is 0 Å². The van der Waals surface area contributed by atoms with Crippen LogP contribution in [-0.2, 0) is 17.3 Å². The van der Waals surface area contributed by atoms with Crippen LogP contribution < -0.4 is 0 Å². The molecule has 1 saturated heterocycles. The largest absolute Gasteiger partial charge is 0.416 e. The Morgan fingerprint density at radius 2 is 1.85 bits per heavy atom. The van der Waals surface area contributed by atoms with Gasteiger partial charge in [-0.25, -0.2) is 0 Å². The second kappa shape index (κ2) is 9.40. The molecule has 1 aliphatic carbocycles. The summed E-state index contributed by atoms with van der Waals surface area (Å²) in [6, 6.07) is 6.00. The van der Waals surface area contributed by atoms with Gasteiger partial charge in [0.05, 0.1) is 24.4 Å². The van der Waals surface area contributed by atoms with E-state index in [-0.39, 0.29) is 37.1 Å². The van der Waals surface area contributed by atoms with Crippen LogP contribution in [-0.4, -0.2) is 48.0 Å². The Morgan fingerprint density at radius 1 is 1.12 bits per heavy atom. The van der Waals surface area contributed by atoms with Crippen LogP contribution in [0.3, 0.4) is 0 Å². The Labute approximate surface area is 158 Å². The van der Waals surface area contributed by atoms with Gasteiger partial charge in [0.15, 0.2) is 0 Å². The maximum atomic E-state index is 13.1. The highest BCUT2D eigenvalue weighted by Crippen LogP contribution is 2.32. The van der Waals surface area contributed by atoms with Gasteiger partial charge in [-0.05, 0) is 37.3 Å². The van der Waals surface area contributed by atoms with Crippen molar-refractivity contribution in [2.45, 2.75) is 63.0 Å². The number of rotatable bonds is 5. The van der Waals surface area contributed by atoms with E-state index in [2.05, 4.69) is 4.90 Å². The third-order valence-corrected chi connectivity index (χ3v) is 5.36. The standard InChI is InChI=1S/C19H26F3NO2.ClH/c20-19(21,22)16-6-2-1-5-14(16)10-12-25-18-8-4-3-7-17(18)23-11-9-15(24)13-23;/h1-2,5-6,15,17-18,24H,3-4,7-13H2;1H/t15-,17?,18+;/m1./s1. The lowest BCUT2D eigenvalue weighted by molar-refractivity contribution is -0.138. The number of hydrogen-bond acceptors (Lipinski definition) is 3. The van der Waals surface area contributed by atoms with Crippen LogP contribution in [0.4, 0.5) is 13.2 Å². The molecule has 1 aromatic carbocycles. The van der Waals surface area contributed by atoms with Gasteiger partial charge in [0.25, 0.3) is 0 Å². The normalized spacial score (nSPS) is 27.3. The summed E-state index contributed by atoms with van der Waals surface area (Å²) >= 11 is 0. The van der Waals surface area contributed by atoms with Crippen molar-refractivity contribution in [1.29, 1.82) is 0 Å². The number of alkyl halides is 3. The van der Waals surface area contributed by atoms with Gasteiger partial charge < -0.3 is 9.84 Å². The average molecular weight is 394 g/mol. The Hall–Kier alpha value is -0.820. The molecule has 0 aromatic heterocycles. The van der Waals surface area contributed by atoms with Crippen molar-refractivity contribution in [2.24, 2.45) is 0 Å². The van der Waals surface area contributed by atoms with Crippen molar-refractivity contribution in [1.82, 2.24) is 4.90 Å². The van der Waals surface area contributed by atoms with E-state index in [0.717, 1.165) is 44.7 Å². The maximum Gasteiger partial charge on any atom is 0.416 e. The van der Waals surface area contributed by atoms with Gasteiger partial charge >= 0.3 is 6.18 Å². The minimum Gasteiger partial charge on any atom is -0.392 e. The zero-order chi connectivity index (χ0) is 17.9. The minimum absolute atomic E-state index is 0. The maximum absolute atomic E-state index is 13.1. The molecule has 26 heavy (non-hydrogen) atoms. The molecule has 1 saturated carbocycles. The summed E-state index contributed by atoms with van der Waals surface area (Å²) in [5.74, 6) is 0. The molecule has 3 nitrogen and oxygen atoms in total. The number of aliphatic hydroxyl groups is 1. The molecule has 1 aromatic rings. The molecule has 0 spiro atoms. The SMILES string of the molecule is Cl.O[C@@H]1CCN(C2CCCC[C@@H]2OCCc2ccccc2C(F)(F)F)C1. The molecule has 2 fully saturated rings. The van der Waals surface area contributed by atoms with Gasteiger partial charge in [-0.15, -0.1) is 12.4 Å². The van der Waals surface area contributed by atoms with E-state index in [1.54, 1.807) is 6.07 Å². The molecule has 3 atom stereocenters. The summed E-state index contributed by atoms with van der Waals surface area (Å²) in [7, 11) is 0. The molecule has 0 radical (unpaired) electrons. The highest BCUT2D eigenvalue weighted by molar-refractivity contribution is 5.85. The van der Waals surface area contributed by atoms with Gasteiger partial charge in [-0.3, -0.25) is 4.90 Å². The summed E-state index contributed by atoms with van der Waals surface area (Å²) in [6.45, 7) is 1.86. The highest BCUT2D eigenvalue weighted by atomic mass is 35.5. The lowest BCUT2D eigenvalue weighted by atomic mass is 9.91. The van der Waals surface area contributed by atoms with Crippen LogP contribution >= 0.6 is 12.4 Å². The number of nitrogens with zero attached hydrogens (tertiary/aromatic N) is 1. The number of aliphatic hydroxyl groups excluding tert-OH is 1. The molecule has 3 rings (SSSR count). The first kappa shape index (κ1) is 21.5. The van der Waals surface area contributed by atoms with Crippen LogP contribution in [0, 0.1) is 0 Å². The monoisotopic (exact) mass is 393 g/mol. The molecule has 7 heteroatoms. The van der Waals surface area contributed by atoms with E-state index in [9.17, 15) is 18.3 Å². The Bertz CT molecular complexity index is 570. The quantitative estimate of drug-likeness (QED) is 0.818. The van der Waals surface area contributed by atoms with Crippen LogP contribution in [0.1, 0.15) is 43.2 Å². The number of likely N-dealkylation sites (tertiary alicyclic amines) is 1. The zero-order valence-electron chi connectivity index (χ0n) is 14.8. The van der Waals surface area contributed by atoms with E-state index in [4.69, 9.17) is 4.74 Å². The Morgan fingerprint density at radius 3 is 2.54 bits per heavy atom. The van der Waals surface area contributed by atoms with Crippen molar-refractivity contribution >= 4 is 12.4 Å². The smallest absolute Gasteiger partial charge is 0.392 e. The van der Waals surface area contributed by atoms with Crippen LogP contribution in [0.25, 0.3) is 0 Å². The molecular weight excluding hydrogens is 367 g/mol. The lowest BCUT2D eigenvalue weighted by Gasteiger charge is -2.37. The molecule has 1 unspecified atom stereocenters. The minimum atomic E-state index is -4.32. The molecule has 1 heterocycles. The predicted octanol–water partition coefficient (Wildman–Crippen LogP) is 4.06. The first-order chi connectivity index (χ1) is 11.9. The Kier molecular flexibility index (Phi) is 7.76.